The van der Waals surface area contributed by atoms with Gasteiger partial charge in [-0.1, -0.05) is 20.8 Å². The van der Waals surface area contributed by atoms with Gasteiger partial charge in [-0.15, -0.1) is 0 Å². The Hall–Kier alpha value is -2.05. The summed E-state index contributed by atoms with van der Waals surface area (Å²) >= 11 is 0. The molecule has 0 saturated heterocycles. The molecule has 8 nitrogen and oxygen atoms in total. The molecule has 8 heteroatoms. The van der Waals surface area contributed by atoms with Crippen molar-refractivity contribution in [2.45, 2.75) is 65.7 Å². The molecule has 0 aliphatic heterocycles. The predicted molar refractivity (Wildman–Crippen MR) is 87.3 cm³/mol. The van der Waals surface area contributed by atoms with E-state index in [1.54, 1.807) is 13.8 Å². The molecule has 0 heterocycles. The van der Waals surface area contributed by atoms with E-state index in [1.165, 1.54) is 7.11 Å². The first-order chi connectivity index (χ1) is 11.0. The third-order valence-electron chi connectivity index (χ3n) is 3.09. The first-order valence-corrected chi connectivity index (χ1v) is 7.76. The van der Waals surface area contributed by atoms with Crippen molar-refractivity contribution in [3.8, 4) is 0 Å². The van der Waals surface area contributed by atoms with E-state index in [-0.39, 0.29) is 18.9 Å². The number of esters is 1. The molecular weight excluding hydrogens is 314 g/mol. The zero-order valence-corrected chi connectivity index (χ0v) is 15.2. The lowest BCUT2D eigenvalue weighted by atomic mass is 9.88. The number of hydrogen-bond acceptors (Lipinski definition) is 5. The molecule has 1 N–H and O–H groups in total. The van der Waals surface area contributed by atoms with Gasteiger partial charge in [0, 0.05) is 13.5 Å². The standard InChI is InChI=1S/C16H27N3O5/c1-10(2)24-15(22)12(8-7-11(20)9-18-17)19-14(21)13(23-6)16(3,4)5/h9-10,12-13H,7-8H2,1-6H3,(H,19,21)/t12-,13+/m0/s1. The Balaban J connectivity index is 5.10. The van der Waals surface area contributed by atoms with Gasteiger partial charge in [0.05, 0.1) is 6.10 Å². The monoisotopic (exact) mass is 341 g/mol. The van der Waals surface area contributed by atoms with Crippen molar-refractivity contribution in [2.75, 3.05) is 7.11 Å². The second-order valence-electron chi connectivity index (χ2n) is 6.78. The van der Waals surface area contributed by atoms with E-state index in [1.807, 2.05) is 20.8 Å². The zero-order valence-electron chi connectivity index (χ0n) is 15.2. The van der Waals surface area contributed by atoms with E-state index < -0.39 is 35.2 Å². The number of hydrogen-bond donors (Lipinski definition) is 1. The Bertz CT molecular complexity index is 504. The molecule has 0 unspecified atom stereocenters. The largest absolute Gasteiger partial charge is 0.461 e. The van der Waals surface area contributed by atoms with Crippen LogP contribution in [0.4, 0.5) is 0 Å². The van der Waals surface area contributed by atoms with Gasteiger partial charge in [0.25, 0.3) is 0 Å². The molecule has 0 aliphatic rings. The van der Waals surface area contributed by atoms with E-state index in [2.05, 4.69) is 10.1 Å². The minimum Gasteiger partial charge on any atom is -0.461 e. The summed E-state index contributed by atoms with van der Waals surface area (Å²) in [7, 11) is 1.41. The van der Waals surface area contributed by atoms with E-state index in [0.717, 1.165) is 6.21 Å². The molecule has 0 radical (unpaired) electrons. The number of nitrogens with one attached hydrogen (secondary N) is 1. The van der Waals surface area contributed by atoms with Crippen LogP contribution in [-0.4, -0.2) is 54.0 Å². The molecule has 0 rings (SSSR count). The molecule has 0 fully saturated rings. The van der Waals surface area contributed by atoms with Crippen LogP contribution in [0.3, 0.4) is 0 Å². The summed E-state index contributed by atoms with van der Waals surface area (Å²) in [5.41, 5.74) is 7.87. The van der Waals surface area contributed by atoms with Crippen LogP contribution in [0.2, 0.25) is 0 Å². The number of carbonyl (C=O) groups is 3. The molecule has 0 aromatic carbocycles. The van der Waals surface area contributed by atoms with Crippen molar-refractivity contribution in [1.29, 1.82) is 0 Å². The van der Waals surface area contributed by atoms with Crippen LogP contribution in [-0.2, 0) is 23.9 Å². The number of carbonyl (C=O) groups excluding carboxylic acids is 3. The van der Waals surface area contributed by atoms with Gasteiger partial charge < -0.3 is 20.3 Å². The molecule has 136 valence electrons. The average molecular weight is 341 g/mol. The van der Waals surface area contributed by atoms with Crippen LogP contribution >= 0.6 is 0 Å². The van der Waals surface area contributed by atoms with Gasteiger partial charge in [-0.25, -0.2) is 4.79 Å². The Labute approximate surface area is 142 Å². The molecule has 0 saturated carbocycles. The Kier molecular flexibility index (Phi) is 9.10. The third kappa shape index (κ3) is 7.99. The molecule has 0 spiro atoms. The van der Waals surface area contributed by atoms with Crippen molar-refractivity contribution in [3.63, 3.8) is 0 Å². The van der Waals surface area contributed by atoms with Crippen LogP contribution in [0.25, 0.3) is 5.53 Å². The maximum absolute atomic E-state index is 12.4. The zero-order chi connectivity index (χ0) is 18.9. The fourth-order valence-electron chi connectivity index (χ4n) is 2.08. The maximum atomic E-state index is 12.4. The summed E-state index contributed by atoms with van der Waals surface area (Å²) in [5.74, 6) is -1.55. The van der Waals surface area contributed by atoms with Gasteiger partial charge in [-0.3, -0.25) is 9.59 Å². The second kappa shape index (κ2) is 9.95. The smallest absolute Gasteiger partial charge is 0.328 e. The molecule has 0 bridgehead atoms. The van der Waals surface area contributed by atoms with Gasteiger partial charge in [0.15, 0.2) is 0 Å². The summed E-state index contributed by atoms with van der Waals surface area (Å²) in [4.78, 5) is 38.6. The summed E-state index contributed by atoms with van der Waals surface area (Å²) in [5, 5.41) is 2.58. The van der Waals surface area contributed by atoms with Crippen molar-refractivity contribution < 1.29 is 28.6 Å². The van der Waals surface area contributed by atoms with Crippen LogP contribution in [0.5, 0.6) is 0 Å². The minimum absolute atomic E-state index is 0.0305. The number of methoxy groups -OCH3 is 1. The number of ether oxygens (including phenoxy) is 2. The third-order valence-corrected chi connectivity index (χ3v) is 3.09. The topological polar surface area (TPSA) is 118 Å². The van der Waals surface area contributed by atoms with Crippen molar-refractivity contribution in [1.82, 2.24) is 5.32 Å². The summed E-state index contributed by atoms with van der Waals surface area (Å²) in [6, 6.07) is -0.990. The Morgan fingerprint density at radius 3 is 2.25 bits per heavy atom. The molecule has 2 atom stereocenters. The summed E-state index contributed by atoms with van der Waals surface area (Å²) < 4.78 is 10.3. The fraction of sp³-hybridized carbons (Fsp3) is 0.750. The normalized spacial score (nSPS) is 13.6. The number of amides is 1. The maximum Gasteiger partial charge on any atom is 0.328 e. The molecule has 24 heavy (non-hydrogen) atoms. The SMILES string of the molecule is CO[C@H](C(=O)N[C@@H](CCC(=O)C=[N+]=[N-])C(=O)OC(C)C)C(C)(C)C. The molecular formula is C16H27N3O5. The number of nitrogens with zero attached hydrogens (tertiary/aromatic N) is 2. The first kappa shape index (κ1) is 21.9. The van der Waals surface area contributed by atoms with Crippen molar-refractivity contribution in [3.05, 3.63) is 5.53 Å². The van der Waals surface area contributed by atoms with Crippen molar-refractivity contribution >= 4 is 23.9 Å². The lowest BCUT2D eigenvalue weighted by Crippen LogP contribution is -2.50. The minimum atomic E-state index is -0.990. The highest BCUT2D eigenvalue weighted by molar-refractivity contribution is 6.25. The molecule has 0 aromatic heterocycles. The van der Waals surface area contributed by atoms with Crippen LogP contribution in [0.15, 0.2) is 0 Å². The quantitative estimate of drug-likeness (QED) is 0.292. The Morgan fingerprint density at radius 1 is 1.25 bits per heavy atom. The number of Topliss-reactive ketones (excluding diaryl/α,β-unsaturated/α-hetero) is 1. The molecule has 0 aliphatic carbocycles. The summed E-state index contributed by atoms with van der Waals surface area (Å²) in [6.07, 6.45) is -0.410. The van der Waals surface area contributed by atoms with Crippen molar-refractivity contribution in [2.24, 2.45) is 5.41 Å². The number of rotatable bonds is 9. The Morgan fingerprint density at radius 2 is 1.83 bits per heavy atom. The van der Waals surface area contributed by atoms with Crippen LogP contribution in [0, 0.1) is 5.41 Å². The van der Waals surface area contributed by atoms with E-state index >= 15 is 0 Å². The predicted octanol–water partition coefficient (Wildman–Crippen LogP) is 1.13. The lowest BCUT2D eigenvalue weighted by Gasteiger charge is -2.29. The highest BCUT2D eigenvalue weighted by atomic mass is 16.5. The molecule has 1 amide bonds. The van der Waals surface area contributed by atoms with Gasteiger partial charge in [0.1, 0.15) is 12.1 Å². The van der Waals surface area contributed by atoms with Crippen LogP contribution < -0.4 is 5.32 Å². The first-order valence-electron chi connectivity index (χ1n) is 7.76. The van der Waals surface area contributed by atoms with E-state index in [0.29, 0.717) is 0 Å². The van der Waals surface area contributed by atoms with Gasteiger partial charge >= 0.3 is 12.2 Å². The highest BCUT2D eigenvalue weighted by Crippen LogP contribution is 2.22. The summed E-state index contributed by atoms with van der Waals surface area (Å²) in [6.45, 7) is 8.89. The number of ketones is 1. The van der Waals surface area contributed by atoms with Crippen LogP contribution in [0.1, 0.15) is 47.5 Å². The van der Waals surface area contributed by atoms with E-state index in [9.17, 15) is 14.4 Å². The second-order valence-corrected chi connectivity index (χ2v) is 6.78. The average Bonchev–Trinajstić information content (AvgIpc) is 2.41. The molecule has 0 aromatic rings. The van der Waals surface area contributed by atoms with Gasteiger partial charge in [0.2, 0.25) is 11.7 Å². The van der Waals surface area contributed by atoms with Gasteiger partial charge in [-0.2, -0.15) is 4.79 Å². The van der Waals surface area contributed by atoms with Gasteiger partial charge in [-0.05, 0) is 25.7 Å². The lowest BCUT2D eigenvalue weighted by molar-refractivity contribution is -0.154. The highest BCUT2D eigenvalue weighted by Gasteiger charge is 2.34. The van der Waals surface area contributed by atoms with E-state index in [4.69, 9.17) is 15.0 Å². The fourth-order valence-corrected chi connectivity index (χ4v) is 2.08.